The molecule has 2 rings (SSSR count). The zero-order chi connectivity index (χ0) is 14.8. The van der Waals surface area contributed by atoms with Crippen molar-refractivity contribution in [1.29, 1.82) is 0 Å². The first-order valence-corrected chi connectivity index (χ1v) is 8.84. The minimum absolute atomic E-state index is 0.326. The Bertz CT molecular complexity index is 726. The quantitative estimate of drug-likeness (QED) is 0.909. The van der Waals surface area contributed by atoms with E-state index in [1.807, 2.05) is 25.1 Å². The van der Waals surface area contributed by atoms with Crippen molar-refractivity contribution in [3.05, 3.63) is 58.1 Å². The van der Waals surface area contributed by atoms with Gasteiger partial charge in [0.05, 0.1) is 4.90 Å². The van der Waals surface area contributed by atoms with Crippen LogP contribution in [0.15, 0.2) is 51.8 Å². The molecule has 2 aromatic rings. The summed E-state index contributed by atoms with van der Waals surface area (Å²) in [5, 5.41) is 3.23. The summed E-state index contributed by atoms with van der Waals surface area (Å²) in [5.41, 5.74) is 3.12. The van der Waals surface area contributed by atoms with Crippen LogP contribution in [0.5, 0.6) is 0 Å². The van der Waals surface area contributed by atoms with Gasteiger partial charge in [-0.2, -0.15) is 0 Å². The molecular formula is C15H16BrNO2S. The van der Waals surface area contributed by atoms with Crippen LogP contribution in [0.25, 0.3) is 0 Å². The van der Waals surface area contributed by atoms with Crippen molar-refractivity contribution in [2.45, 2.75) is 18.4 Å². The van der Waals surface area contributed by atoms with Crippen molar-refractivity contribution in [3.8, 4) is 0 Å². The van der Waals surface area contributed by atoms with Gasteiger partial charge in [-0.15, -0.1) is 0 Å². The SMILES string of the molecule is Cc1ccc(CNc2cccc(S(C)(=O)=O)c2)cc1Br. The maximum Gasteiger partial charge on any atom is 0.175 e. The average Bonchev–Trinajstić information content (AvgIpc) is 2.39. The van der Waals surface area contributed by atoms with Crippen LogP contribution in [0.2, 0.25) is 0 Å². The van der Waals surface area contributed by atoms with E-state index < -0.39 is 9.84 Å². The lowest BCUT2D eigenvalue weighted by atomic mass is 10.1. The molecule has 0 bridgehead atoms. The Morgan fingerprint density at radius 2 is 1.90 bits per heavy atom. The van der Waals surface area contributed by atoms with Gasteiger partial charge >= 0.3 is 0 Å². The lowest BCUT2D eigenvalue weighted by Gasteiger charge is -2.09. The van der Waals surface area contributed by atoms with Gasteiger partial charge in [0.2, 0.25) is 0 Å². The lowest BCUT2D eigenvalue weighted by molar-refractivity contribution is 0.602. The van der Waals surface area contributed by atoms with E-state index in [2.05, 4.69) is 27.3 Å². The number of anilines is 1. The maximum absolute atomic E-state index is 11.5. The number of rotatable bonds is 4. The van der Waals surface area contributed by atoms with Gasteiger partial charge < -0.3 is 5.32 Å². The second-order valence-electron chi connectivity index (χ2n) is 4.74. The fraction of sp³-hybridized carbons (Fsp3) is 0.200. The highest BCUT2D eigenvalue weighted by atomic mass is 79.9. The van der Waals surface area contributed by atoms with Crippen LogP contribution >= 0.6 is 15.9 Å². The Kier molecular flexibility index (Phi) is 4.50. The zero-order valence-corrected chi connectivity index (χ0v) is 13.8. The molecule has 0 spiro atoms. The number of benzene rings is 2. The van der Waals surface area contributed by atoms with Crippen LogP contribution in [0.3, 0.4) is 0 Å². The van der Waals surface area contributed by atoms with E-state index >= 15 is 0 Å². The van der Waals surface area contributed by atoms with Crippen LogP contribution in [0.1, 0.15) is 11.1 Å². The minimum Gasteiger partial charge on any atom is -0.381 e. The summed E-state index contributed by atoms with van der Waals surface area (Å²) >= 11 is 3.50. The molecule has 0 aliphatic heterocycles. The summed E-state index contributed by atoms with van der Waals surface area (Å²) in [6.07, 6.45) is 1.21. The smallest absolute Gasteiger partial charge is 0.175 e. The van der Waals surface area contributed by atoms with Crippen molar-refractivity contribution in [2.24, 2.45) is 0 Å². The first-order valence-electron chi connectivity index (χ1n) is 6.15. The fourth-order valence-corrected chi connectivity index (χ4v) is 2.88. The molecule has 0 atom stereocenters. The predicted octanol–water partition coefficient (Wildman–Crippen LogP) is 3.77. The molecule has 0 fully saturated rings. The maximum atomic E-state index is 11.5. The molecule has 20 heavy (non-hydrogen) atoms. The molecule has 2 aromatic carbocycles. The van der Waals surface area contributed by atoms with E-state index in [0.29, 0.717) is 11.4 Å². The topological polar surface area (TPSA) is 46.2 Å². The lowest BCUT2D eigenvalue weighted by Crippen LogP contribution is -2.02. The molecule has 0 aliphatic rings. The van der Waals surface area contributed by atoms with Crippen LogP contribution < -0.4 is 5.32 Å². The Hall–Kier alpha value is -1.33. The first kappa shape index (κ1) is 15.1. The fourth-order valence-electron chi connectivity index (χ4n) is 1.79. The molecule has 0 amide bonds. The molecule has 5 heteroatoms. The Labute approximate surface area is 128 Å². The highest BCUT2D eigenvalue weighted by Gasteiger charge is 2.07. The molecule has 0 aromatic heterocycles. The van der Waals surface area contributed by atoms with Gasteiger partial charge in [-0.3, -0.25) is 0 Å². The van der Waals surface area contributed by atoms with Gasteiger partial charge in [0.25, 0.3) is 0 Å². The van der Waals surface area contributed by atoms with E-state index in [1.165, 1.54) is 11.8 Å². The molecule has 3 nitrogen and oxygen atoms in total. The van der Waals surface area contributed by atoms with Crippen molar-refractivity contribution in [2.75, 3.05) is 11.6 Å². The largest absolute Gasteiger partial charge is 0.381 e. The van der Waals surface area contributed by atoms with E-state index in [4.69, 9.17) is 0 Å². The molecule has 106 valence electrons. The molecule has 1 N–H and O–H groups in total. The summed E-state index contributed by atoms with van der Waals surface area (Å²) in [6.45, 7) is 2.68. The molecule has 0 saturated heterocycles. The minimum atomic E-state index is -3.17. The summed E-state index contributed by atoms with van der Waals surface area (Å²) in [5.74, 6) is 0. The molecule has 0 heterocycles. The third-order valence-corrected chi connectivity index (χ3v) is 4.96. The van der Waals surface area contributed by atoms with E-state index in [9.17, 15) is 8.42 Å². The summed E-state index contributed by atoms with van der Waals surface area (Å²) < 4.78 is 24.1. The van der Waals surface area contributed by atoms with Gasteiger partial charge in [-0.1, -0.05) is 34.1 Å². The van der Waals surface area contributed by atoms with Crippen molar-refractivity contribution in [1.82, 2.24) is 0 Å². The zero-order valence-electron chi connectivity index (χ0n) is 11.4. The summed E-state index contributed by atoms with van der Waals surface area (Å²) in [4.78, 5) is 0.326. The third-order valence-electron chi connectivity index (χ3n) is 3.00. The average molecular weight is 354 g/mol. The van der Waals surface area contributed by atoms with E-state index in [-0.39, 0.29) is 0 Å². The van der Waals surface area contributed by atoms with Crippen LogP contribution in [0, 0.1) is 6.92 Å². The third kappa shape index (κ3) is 3.84. The monoisotopic (exact) mass is 353 g/mol. The van der Waals surface area contributed by atoms with Crippen LogP contribution in [-0.2, 0) is 16.4 Å². The number of aryl methyl sites for hydroxylation is 1. The predicted molar refractivity (Wildman–Crippen MR) is 85.8 cm³/mol. The van der Waals surface area contributed by atoms with Crippen molar-refractivity contribution >= 4 is 31.5 Å². The highest BCUT2D eigenvalue weighted by Crippen LogP contribution is 2.19. The molecule has 0 unspecified atom stereocenters. The summed E-state index contributed by atoms with van der Waals surface area (Å²) in [6, 6.07) is 13.0. The van der Waals surface area contributed by atoms with Gasteiger partial charge in [0.15, 0.2) is 9.84 Å². The number of hydrogen-bond donors (Lipinski definition) is 1. The second-order valence-corrected chi connectivity index (χ2v) is 7.61. The molecule has 0 saturated carbocycles. The Balaban J connectivity index is 2.13. The number of sulfone groups is 1. The first-order chi connectivity index (χ1) is 9.36. The van der Waals surface area contributed by atoms with Crippen LogP contribution in [0.4, 0.5) is 5.69 Å². The normalized spacial score (nSPS) is 11.3. The Morgan fingerprint density at radius 1 is 1.15 bits per heavy atom. The molecule has 0 aliphatic carbocycles. The van der Waals surface area contributed by atoms with Gasteiger partial charge in [0, 0.05) is 23.0 Å². The summed E-state index contributed by atoms with van der Waals surface area (Å²) in [7, 11) is -3.17. The standard InChI is InChI=1S/C15H16BrNO2S/c1-11-6-7-12(8-15(11)16)10-17-13-4-3-5-14(9-13)20(2,18)19/h3-9,17H,10H2,1-2H3. The molecule has 0 radical (unpaired) electrons. The van der Waals surface area contributed by atoms with Crippen molar-refractivity contribution in [3.63, 3.8) is 0 Å². The number of hydrogen-bond acceptors (Lipinski definition) is 3. The highest BCUT2D eigenvalue weighted by molar-refractivity contribution is 9.10. The van der Waals surface area contributed by atoms with Gasteiger partial charge in [0.1, 0.15) is 0 Å². The van der Waals surface area contributed by atoms with E-state index in [1.54, 1.807) is 18.2 Å². The van der Waals surface area contributed by atoms with Gasteiger partial charge in [-0.05, 0) is 42.3 Å². The van der Waals surface area contributed by atoms with Crippen LogP contribution in [-0.4, -0.2) is 14.7 Å². The van der Waals surface area contributed by atoms with Crippen molar-refractivity contribution < 1.29 is 8.42 Å². The number of halogens is 1. The Morgan fingerprint density at radius 3 is 2.55 bits per heavy atom. The second kappa shape index (κ2) is 5.97. The number of nitrogens with one attached hydrogen (secondary N) is 1. The van der Waals surface area contributed by atoms with E-state index in [0.717, 1.165) is 15.7 Å². The van der Waals surface area contributed by atoms with Gasteiger partial charge in [-0.25, -0.2) is 8.42 Å². The molecular weight excluding hydrogens is 338 g/mol.